The van der Waals surface area contributed by atoms with Crippen molar-refractivity contribution in [3.63, 3.8) is 0 Å². The van der Waals surface area contributed by atoms with Crippen LogP contribution in [0.5, 0.6) is 5.75 Å². The second kappa shape index (κ2) is 9.69. The molecule has 11 heteroatoms. The third kappa shape index (κ3) is 4.99. The van der Waals surface area contributed by atoms with E-state index >= 15 is 0 Å². The maximum absolute atomic E-state index is 12.6. The molecule has 1 atom stereocenters. The summed E-state index contributed by atoms with van der Waals surface area (Å²) in [4.78, 5) is 48.1. The molecular formula is C21H20N2O8S. The molecule has 2 heterocycles. The Balaban J connectivity index is 1.78. The number of carbonyl (C=O) groups excluding carboxylic acids is 3. The molecule has 1 aliphatic heterocycles. The lowest BCUT2D eigenvalue weighted by molar-refractivity contribution is -0.384. The summed E-state index contributed by atoms with van der Waals surface area (Å²) in [5.41, 5.74) is 0.358. The number of thioether (sulfide) groups is 1. The van der Waals surface area contributed by atoms with E-state index in [4.69, 9.17) is 13.9 Å². The first kappa shape index (κ1) is 23.1. The lowest BCUT2D eigenvalue weighted by Gasteiger charge is -2.14. The molecule has 0 spiro atoms. The predicted molar refractivity (Wildman–Crippen MR) is 116 cm³/mol. The number of imide groups is 1. The SMILES string of the molecule is CC[C@H](C)OC(=O)CN1C(=O)S/C(=C/c2ccc(-c3ccc([N+](=O)[O-])cc3OC)o2)C1=O. The summed E-state index contributed by atoms with van der Waals surface area (Å²) < 4.78 is 16.1. The zero-order valence-corrected chi connectivity index (χ0v) is 18.3. The quantitative estimate of drug-likeness (QED) is 0.246. The summed E-state index contributed by atoms with van der Waals surface area (Å²) in [7, 11) is 1.38. The number of non-ortho nitro benzene ring substituents is 1. The van der Waals surface area contributed by atoms with Crippen LogP contribution in [-0.4, -0.2) is 46.7 Å². The van der Waals surface area contributed by atoms with Gasteiger partial charge in [0.25, 0.3) is 16.8 Å². The molecule has 32 heavy (non-hydrogen) atoms. The molecule has 0 unspecified atom stereocenters. The number of benzene rings is 1. The van der Waals surface area contributed by atoms with Gasteiger partial charge in [0.05, 0.1) is 34.7 Å². The summed E-state index contributed by atoms with van der Waals surface area (Å²) in [6, 6.07) is 7.30. The lowest BCUT2D eigenvalue weighted by Crippen LogP contribution is -2.35. The number of ether oxygens (including phenoxy) is 2. The Hall–Kier alpha value is -3.60. The van der Waals surface area contributed by atoms with Gasteiger partial charge in [-0.05, 0) is 43.3 Å². The minimum atomic E-state index is -0.659. The minimum Gasteiger partial charge on any atom is -0.496 e. The van der Waals surface area contributed by atoms with Gasteiger partial charge >= 0.3 is 5.97 Å². The van der Waals surface area contributed by atoms with Crippen LogP contribution in [0.25, 0.3) is 17.4 Å². The molecule has 0 bridgehead atoms. The Morgan fingerprint density at radius 3 is 2.72 bits per heavy atom. The van der Waals surface area contributed by atoms with Crippen LogP contribution in [0, 0.1) is 10.1 Å². The van der Waals surface area contributed by atoms with Gasteiger partial charge in [0, 0.05) is 12.1 Å². The first-order valence-electron chi connectivity index (χ1n) is 9.61. The number of amides is 2. The molecule has 3 rings (SSSR count). The first-order valence-corrected chi connectivity index (χ1v) is 10.4. The zero-order valence-electron chi connectivity index (χ0n) is 17.5. The van der Waals surface area contributed by atoms with Gasteiger partial charge < -0.3 is 13.9 Å². The number of esters is 1. The van der Waals surface area contributed by atoms with Gasteiger partial charge in [-0.1, -0.05) is 6.92 Å². The Morgan fingerprint density at radius 1 is 1.31 bits per heavy atom. The van der Waals surface area contributed by atoms with E-state index in [2.05, 4.69) is 0 Å². The van der Waals surface area contributed by atoms with E-state index in [0.29, 0.717) is 29.5 Å². The van der Waals surface area contributed by atoms with Crippen molar-refractivity contribution in [2.24, 2.45) is 0 Å². The maximum atomic E-state index is 12.6. The Morgan fingerprint density at radius 2 is 2.06 bits per heavy atom. The molecule has 0 aliphatic carbocycles. The van der Waals surface area contributed by atoms with Gasteiger partial charge in [-0.25, -0.2) is 0 Å². The monoisotopic (exact) mass is 460 g/mol. The molecule has 2 aromatic rings. The lowest BCUT2D eigenvalue weighted by atomic mass is 10.1. The highest BCUT2D eigenvalue weighted by atomic mass is 32.2. The normalized spacial score (nSPS) is 15.8. The highest BCUT2D eigenvalue weighted by Crippen LogP contribution is 2.36. The van der Waals surface area contributed by atoms with Gasteiger partial charge in [-0.2, -0.15) is 0 Å². The van der Waals surface area contributed by atoms with Crippen molar-refractivity contribution in [3.05, 3.63) is 51.1 Å². The summed E-state index contributed by atoms with van der Waals surface area (Å²) >= 11 is 0.692. The highest BCUT2D eigenvalue weighted by Gasteiger charge is 2.37. The number of hydrogen-bond donors (Lipinski definition) is 0. The molecule has 1 aliphatic rings. The fraction of sp³-hybridized carbons (Fsp3) is 0.286. The maximum Gasteiger partial charge on any atom is 0.326 e. The van der Waals surface area contributed by atoms with E-state index in [1.54, 1.807) is 19.1 Å². The average molecular weight is 460 g/mol. The van der Waals surface area contributed by atoms with Gasteiger partial charge in [0.1, 0.15) is 23.8 Å². The number of methoxy groups -OCH3 is 1. The van der Waals surface area contributed by atoms with Gasteiger partial charge in [0.2, 0.25) is 0 Å². The zero-order chi connectivity index (χ0) is 23.4. The van der Waals surface area contributed by atoms with E-state index in [1.807, 2.05) is 6.92 Å². The van der Waals surface area contributed by atoms with Crippen molar-refractivity contribution in [1.29, 1.82) is 0 Å². The predicted octanol–water partition coefficient (Wildman–Crippen LogP) is 4.24. The number of carbonyl (C=O) groups is 3. The molecule has 1 aromatic heterocycles. The van der Waals surface area contributed by atoms with Crippen molar-refractivity contribution in [2.45, 2.75) is 26.4 Å². The third-order valence-corrected chi connectivity index (χ3v) is 5.54. The topological polar surface area (TPSA) is 129 Å². The van der Waals surface area contributed by atoms with E-state index in [-0.39, 0.29) is 28.2 Å². The van der Waals surface area contributed by atoms with E-state index in [0.717, 1.165) is 4.90 Å². The molecule has 1 saturated heterocycles. The Bertz CT molecular complexity index is 1110. The van der Waals surface area contributed by atoms with Crippen LogP contribution in [0.15, 0.2) is 39.7 Å². The average Bonchev–Trinajstić information content (AvgIpc) is 3.33. The summed E-state index contributed by atoms with van der Waals surface area (Å²) in [6.07, 6.45) is 1.70. The van der Waals surface area contributed by atoms with Crippen molar-refractivity contribution in [1.82, 2.24) is 4.90 Å². The Kier molecular flexibility index (Phi) is 6.98. The molecule has 10 nitrogen and oxygen atoms in total. The fourth-order valence-electron chi connectivity index (χ4n) is 2.81. The second-order valence-corrected chi connectivity index (χ2v) is 7.81. The van der Waals surface area contributed by atoms with Crippen LogP contribution in [0.2, 0.25) is 0 Å². The summed E-state index contributed by atoms with van der Waals surface area (Å²) in [5.74, 6) is -0.381. The van der Waals surface area contributed by atoms with Crippen LogP contribution < -0.4 is 4.74 Å². The van der Waals surface area contributed by atoms with Crippen molar-refractivity contribution in [3.8, 4) is 17.1 Å². The van der Waals surface area contributed by atoms with Crippen molar-refractivity contribution >= 4 is 40.6 Å². The minimum absolute atomic E-state index is 0.0999. The van der Waals surface area contributed by atoms with E-state index in [1.165, 1.54) is 31.4 Å². The molecule has 0 N–H and O–H groups in total. The van der Waals surface area contributed by atoms with Gasteiger partial charge in [0.15, 0.2) is 0 Å². The summed E-state index contributed by atoms with van der Waals surface area (Å²) in [5, 5.41) is 10.4. The fourth-order valence-corrected chi connectivity index (χ4v) is 3.63. The number of rotatable bonds is 8. The van der Waals surface area contributed by atoms with E-state index in [9.17, 15) is 24.5 Å². The number of hydrogen-bond acceptors (Lipinski definition) is 9. The number of nitro groups is 1. The standard InChI is InChI=1S/C21H20N2O8S/c1-4-12(2)30-19(24)11-22-20(25)18(32-21(22)26)10-14-6-8-16(31-14)15-7-5-13(23(27)28)9-17(15)29-3/h5-10,12H,4,11H2,1-3H3/b18-10+/t12-/m0/s1. The molecule has 0 saturated carbocycles. The Labute approximate surface area is 187 Å². The summed E-state index contributed by atoms with van der Waals surface area (Å²) in [6.45, 7) is 3.11. The number of furan rings is 1. The van der Waals surface area contributed by atoms with E-state index < -0.39 is 28.6 Å². The number of nitro benzene ring substituents is 1. The van der Waals surface area contributed by atoms with Crippen molar-refractivity contribution < 1.29 is 33.2 Å². The molecule has 1 aromatic carbocycles. The number of nitrogens with zero attached hydrogens (tertiary/aromatic N) is 2. The molecule has 0 radical (unpaired) electrons. The van der Waals surface area contributed by atoms with Crippen LogP contribution in [0.1, 0.15) is 26.0 Å². The smallest absolute Gasteiger partial charge is 0.326 e. The second-order valence-electron chi connectivity index (χ2n) is 6.82. The molecule has 1 fully saturated rings. The van der Waals surface area contributed by atoms with Crippen LogP contribution in [0.4, 0.5) is 10.5 Å². The highest BCUT2D eigenvalue weighted by molar-refractivity contribution is 8.18. The molecule has 168 valence electrons. The van der Waals surface area contributed by atoms with Gasteiger partial charge in [-0.3, -0.25) is 29.4 Å². The van der Waals surface area contributed by atoms with Crippen LogP contribution >= 0.6 is 11.8 Å². The third-order valence-electron chi connectivity index (χ3n) is 4.63. The van der Waals surface area contributed by atoms with Gasteiger partial charge in [-0.15, -0.1) is 0 Å². The molecule has 2 amide bonds. The molecular weight excluding hydrogens is 440 g/mol. The van der Waals surface area contributed by atoms with Crippen LogP contribution in [-0.2, 0) is 14.3 Å². The van der Waals surface area contributed by atoms with Crippen molar-refractivity contribution in [2.75, 3.05) is 13.7 Å². The van der Waals surface area contributed by atoms with Crippen LogP contribution in [0.3, 0.4) is 0 Å². The largest absolute Gasteiger partial charge is 0.496 e. The first-order chi connectivity index (χ1) is 15.2.